The second-order valence-corrected chi connectivity index (χ2v) is 4.92. The van der Waals surface area contributed by atoms with Crippen molar-refractivity contribution < 1.29 is 4.74 Å². The van der Waals surface area contributed by atoms with Crippen LogP contribution in [-0.4, -0.2) is 13.7 Å². The SMILES string of the molecule is CCCCOc1c(C(C)NC)ccc2ccccc12. The second-order valence-electron chi connectivity index (χ2n) is 4.92. The van der Waals surface area contributed by atoms with Gasteiger partial charge in [0.2, 0.25) is 0 Å². The number of unbranched alkanes of at least 4 members (excludes halogenated alkanes) is 1. The van der Waals surface area contributed by atoms with E-state index in [4.69, 9.17) is 4.74 Å². The smallest absolute Gasteiger partial charge is 0.131 e. The summed E-state index contributed by atoms with van der Waals surface area (Å²) in [6.07, 6.45) is 2.25. The molecule has 0 saturated carbocycles. The van der Waals surface area contributed by atoms with Crippen LogP contribution in [0.3, 0.4) is 0 Å². The van der Waals surface area contributed by atoms with E-state index in [1.807, 2.05) is 7.05 Å². The summed E-state index contributed by atoms with van der Waals surface area (Å²) in [7, 11) is 1.98. The molecule has 1 unspecified atom stereocenters. The largest absolute Gasteiger partial charge is 0.493 e. The van der Waals surface area contributed by atoms with E-state index < -0.39 is 0 Å². The van der Waals surface area contributed by atoms with Crippen molar-refractivity contribution in [1.29, 1.82) is 0 Å². The van der Waals surface area contributed by atoms with Gasteiger partial charge < -0.3 is 10.1 Å². The van der Waals surface area contributed by atoms with Gasteiger partial charge in [-0.15, -0.1) is 0 Å². The third kappa shape index (κ3) is 3.07. The highest BCUT2D eigenvalue weighted by Gasteiger charge is 2.13. The molecule has 2 aromatic rings. The maximum absolute atomic E-state index is 6.07. The molecule has 0 amide bonds. The predicted octanol–water partition coefficient (Wildman–Crippen LogP) is 4.30. The third-order valence-electron chi connectivity index (χ3n) is 3.55. The maximum atomic E-state index is 6.07. The van der Waals surface area contributed by atoms with Crippen molar-refractivity contribution in [2.45, 2.75) is 32.7 Å². The lowest BCUT2D eigenvalue weighted by Gasteiger charge is -2.18. The lowest BCUT2D eigenvalue weighted by Crippen LogP contribution is -2.14. The van der Waals surface area contributed by atoms with Crippen molar-refractivity contribution in [1.82, 2.24) is 5.32 Å². The number of hydrogen-bond donors (Lipinski definition) is 1. The first-order valence-corrected chi connectivity index (χ1v) is 7.09. The Bertz CT molecular complexity index is 536. The summed E-state index contributed by atoms with van der Waals surface area (Å²) in [5.74, 6) is 1.04. The summed E-state index contributed by atoms with van der Waals surface area (Å²) in [5, 5.41) is 5.74. The van der Waals surface area contributed by atoms with Crippen molar-refractivity contribution >= 4 is 10.8 Å². The molecule has 0 saturated heterocycles. The van der Waals surface area contributed by atoms with Gasteiger partial charge in [-0.05, 0) is 25.8 Å². The zero-order chi connectivity index (χ0) is 13.7. The lowest BCUT2D eigenvalue weighted by molar-refractivity contribution is 0.307. The van der Waals surface area contributed by atoms with Crippen LogP contribution >= 0.6 is 0 Å². The standard InChI is InChI=1S/C17H23NO/c1-4-5-12-19-17-15(13(2)18-3)11-10-14-8-6-7-9-16(14)17/h6-11,13,18H,4-5,12H2,1-3H3. The quantitative estimate of drug-likeness (QED) is 0.779. The summed E-state index contributed by atoms with van der Waals surface area (Å²) in [6, 6.07) is 13.1. The summed E-state index contributed by atoms with van der Waals surface area (Å²) < 4.78 is 6.07. The Morgan fingerprint density at radius 3 is 2.68 bits per heavy atom. The van der Waals surface area contributed by atoms with Crippen molar-refractivity contribution in [3.63, 3.8) is 0 Å². The maximum Gasteiger partial charge on any atom is 0.131 e. The molecule has 1 atom stereocenters. The van der Waals surface area contributed by atoms with Crippen LogP contribution in [0.15, 0.2) is 36.4 Å². The Balaban J connectivity index is 2.45. The van der Waals surface area contributed by atoms with E-state index in [0.717, 1.165) is 25.2 Å². The summed E-state index contributed by atoms with van der Waals surface area (Å²) in [6.45, 7) is 5.13. The van der Waals surface area contributed by atoms with Crippen LogP contribution < -0.4 is 10.1 Å². The molecule has 2 heteroatoms. The Hall–Kier alpha value is -1.54. The van der Waals surface area contributed by atoms with Gasteiger partial charge in [-0.2, -0.15) is 0 Å². The van der Waals surface area contributed by atoms with Gasteiger partial charge in [-0.1, -0.05) is 49.7 Å². The van der Waals surface area contributed by atoms with E-state index >= 15 is 0 Å². The molecule has 2 aromatic carbocycles. The molecule has 0 spiro atoms. The molecule has 0 fully saturated rings. The highest BCUT2D eigenvalue weighted by Crippen LogP contribution is 2.33. The number of benzene rings is 2. The average molecular weight is 257 g/mol. The summed E-state index contributed by atoms with van der Waals surface area (Å²) in [5.41, 5.74) is 1.23. The first-order chi connectivity index (χ1) is 9.27. The highest BCUT2D eigenvalue weighted by molar-refractivity contribution is 5.89. The monoisotopic (exact) mass is 257 g/mol. The first kappa shape index (κ1) is 13.9. The normalized spacial score (nSPS) is 12.6. The van der Waals surface area contributed by atoms with Crippen LogP contribution in [0.25, 0.3) is 10.8 Å². The van der Waals surface area contributed by atoms with E-state index in [1.54, 1.807) is 0 Å². The zero-order valence-corrected chi connectivity index (χ0v) is 12.1. The molecular formula is C17H23NO. The van der Waals surface area contributed by atoms with E-state index in [1.165, 1.54) is 16.3 Å². The number of hydrogen-bond acceptors (Lipinski definition) is 2. The van der Waals surface area contributed by atoms with Gasteiger partial charge >= 0.3 is 0 Å². The van der Waals surface area contributed by atoms with Gasteiger partial charge in [0.1, 0.15) is 5.75 Å². The first-order valence-electron chi connectivity index (χ1n) is 7.09. The zero-order valence-electron chi connectivity index (χ0n) is 12.1. The van der Waals surface area contributed by atoms with Gasteiger partial charge in [-0.3, -0.25) is 0 Å². The molecule has 19 heavy (non-hydrogen) atoms. The number of rotatable bonds is 6. The fraction of sp³-hybridized carbons (Fsp3) is 0.412. The van der Waals surface area contributed by atoms with E-state index in [9.17, 15) is 0 Å². The molecule has 1 N–H and O–H groups in total. The molecule has 102 valence electrons. The molecule has 0 aliphatic heterocycles. The minimum atomic E-state index is 0.293. The average Bonchev–Trinajstić information content (AvgIpc) is 2.46. The minimum Gasteiger partial charge on any atom is -0.493 e. The molecule has 0 aliphatic carbocycles. The van der Waals surface area contributed by atoms with Crippen LogP contribution in [0, 0.1) is 0 Å². The molecule has 0 bridgehead atoms. The number of fused-ring (bicyclic) bond motifs is 1. The number of nitrogens with one attached hydrogen (secondary N) is 1. The fourth-order valence-electron chi connectivity index (χ4n) is 2.24. The van der Waals surface area contributed by atoms with Crippen molar-refractivity contribution in [2.75, 3.05) is 13.7 Å². The van der Waals surface area contributed by atoms with E-state index in [-0.39, 0.29) is 0 Å². The Kier molecular flexibility index (Phi) is 4.80. The molecule has 0 radical (unpaired) electrons. The van der Waals surface area contributed by atoms with Crippen LogP contribution in [0.1, 0.15) is 38.3 Å². The van der Waals surface area contributed by atoms with Crippen molar-refractivity contribution in [2.24, 2.45) is 0 Å². The minimum absolute atomic E-state index is 0.293. The Morgan fingerprint density at radius 1 is 1.16 bits per heavy atom. The third-order valence-corrected chi connectivity index (χ3v) is 3.55. The Morgan fingerprint density at radius 2 is 1.95 bits per heavy atom. The molecule has 0 heterocycles. The predicted molar refractivity (Wildman–Crippen MR) is 81.8 cm³/mol. The highest BCUT2D eigenvalue weighted by atomic mass is 16.5. The Labute approximate surface area is 115 Å². The van der Waals surface area contributed by atoms with E-state index in [0.29, 0.717) is 6.04 Å². The molecule has 2 nitrogen and oxygen atoms in total. The van der Waals surface area contributed by atoms with Crippen LogP contribution in [0.4, 0.5) is 0 Å². The fourth-order valence-corrected chi connectivity index (χ4v) is 2.24. The van der Waals surface area contributed by atoms with Crippen molar-refractivity contribution in [3.05, 3.63) is 42.0 Å². The molecule has 2 rings (SSSR count). The summed E-state index contributed by atoms with van der Waals surface area (Å²) in [4.78, 5) is 0. The summed E-state index contributed by atoms with van der Waals surface area (Å²) >= 11 is 0. The van der Waals surface area contributed by atoms with Gasteiger partial charge in [0.05, 0.1) is 6.61 Å². The van der Waals surface area contributed by atoms with Crippen LogP contribution in [0.2, 0.25) is 0 Å². The van der Waals surface area contributed by atoms with Gasteiger partial charge in [0.25, 0.3) is 0 Å². The van der Waals surface area contributed by atoms with Gasteiger partial charge in [0.15, 0.2) is 0 Å². The molecule has 0 aliphatic rings. The molecule has 0 aromatic heterocycles. The van der Waals surface area contributed by atoms with Crippen LogP contribution in [0.5, 0.6) is 5.75 Å². The lowest BCUT2D eigenvalue weighted by atomic mass is 10.0. The van der Waals surface area contributed by atoms with Crippen molar-refractivity contribution in [3.8, 4) is 5.75 Å². The van der Waals surface area contributed by atoms with Gasteiger partial charge in [0, 0.05) is 17.0 Å². The van der Waals surface area contributed by atoms with Crippen LogP contribution in [-0.2, 0) is 0 Å². The number of ether oxygens (including phenoxy) is 1. The van der Waals surface area contributed by atoms with E-state index in [2.05, 4.69) is 55.6 Å². The molecular weight excluding hydrogens is 234 g/mol. The topological polar surface area (TPSA) is 21.3 Å². The van der Waals surface area contributed by atoms with Gasteiger partial charge in [-0.25, -0.2) is 0 Å². The second kappa shape index (κ2) is 6.58.